The Kier molecular flexibility index (Phi) is 9.85. The van der Waals surface area contributed by atoms with E-state index in [1.54, 1.807) is 17.5 Å². The minimum atomic E-state index is 0. The van der Waals surface area contributed by atoms with E-state index in [9.17, 15) is 4.79 Å². The summed E-state index contributed by atoms with van der Waals surface area (Å²) in [6, 6.07) is 0.329. The molecule has 1 aromatic heterocycles. The number of hydrogen-bond acceptors (Lipinski definition) is 5. The fourth-order valence-electron chi connectivity index (χ4n) is 1.56. The number of nitrogens with one attached hydrogen (secondary N) is 2. The molecule has 0 bridgehead atoms. The average Bonchev–Trinajstić information content (AvgIpc) is 2.81. The molecule has 0 aliphatic carbocycles. The maximum absolute atomic E-state index is 11.6. The molecule has 1 unspecified atom stereocenters. The van der Waals surface area contributed by atoms with E-state index in [0.717, 1.165) is 23.1 Å². The Morgan fingerprint density at radius 1 is 1.56 bits per heavy atom. The number of thioether (sulfide) groups is 1. The highest BCUT2D eigenvalue weighted by Gasteiger charge is 2.16. The van der Waals surface area contributed by atoms with Crippen LogP contribution in [0.3, 0.4) is 0 Å². The van der Waals surface area contributed by atoms with Crippen LogP contribution in [0.15, 0.2) is 11.6 Å². The Morgan fingerprint density at radius 3 is 3.00 bits per heavy atom. The summed E-state index contributed by atoms with van der Waals surface area (Å²) in [5.41, 5.74) is 0. The van der Waals surface area contributed by atoms with E-state index in [1.165, 1.54) is 0 Å². The Hall–Kier alpha value is -0.0100. The van der Waals surface area contributed by atoms with Gasteiger partial charge in [0.25, 0.3) is 0 Å². The van der Waals surface area contributed by atoms with Gasteiger partial charge in [-0.15, -0.1) is 36.2 Å². The van der Waals surface area contributed by atoms with Gasteiger partial charge in [-0.05, 0) is 0 Å². The van der Waals surface area contributed by atoms with E-state index in [2.05, 4.69) is 15.6 Å². The zero-order chi connectivity index (χ0) is 11.2. The molecule has 4 nitrogen and oxygen atoms in total. The molecule has 104 valence electrons. The van der Waals surface area contributed by atoms with Crippen LogP contribution < -0.4 is 10.6 Å². The van der Waals surface area contributed by atoms with E-state index >= 15 is 0 Å². The standard InChI is InChI=1S/C10H15N3OS2.2ClH/c14-9(5-8-7-15-3-1-11-8)13-6-10-12-2-4-16-10;;/h2,4,8,11H,1,3,5-7H2,(H,13,14);2*1H. The zero-order valence-electron chi connectivity index (χ0n) is 9.76. The molecule has 1 aromatic rings. The lowest BCUT2D eigenvalue weighted by Gasteiger charge is -2.22. The van der Waals surface area contributed by atoms with Crippen LogP contribution in [0.5, 0.6) is 0 Å². The maximum Gasteiger partial charge on any atom is 0.221 e. The van der Waals surface area contributed by atoms with Gasteiger partial charge >= 0.3 is 0 Å². The average molecular weight is 330 g/mol. The largest absolute Gasteiger partial charge is 0.350 e. The summed E-state index contributed by atoms with van der Waals surface area (Å²) in [6.45, 7) is 1.56. The summed E-state index contributed by atoms with van der Waals surface area (Å²) < 4.78 is 0. The fourth-order valence-corrected chi connectivity index (χ4v) is 3.07. The Morgan fingerprint density at radius 2 is 2.39 bits per heavy atom. The second-order valence-electron chi connectivity index (χ2n) is 3.63. The van der Waals surface area contributed by atoms with Crippen LogP contribution in [0.4, 0.5) is 0 Å². The topological polar surface area (TPSA) is 54.0 Å². The first-order chi connectivity index (χ1) is 7.84. The van der Waals surface area contributed by atoms with Crippen molar-refractivity contribution in [3.63, 3.8) is 0 Å². The van der Waals surface area contributed by atoms with E-state index in [4.69, 9.17) is 0 Å². The molecule has 0 saturated carbocycles. The highest BCUT2D eigenvalue weighted by atomic mass is 35.5. The highest BCUT2D eigenvalue weighted by molar-refractivity contribution is 7.99. The van der Waals surface area contributed by atoms with Crippen molar-refractivity contribution >= 4 is 53.8 Å². The van der Waals surface area contributed by atoms with E-state index in [-0.39, 0.29) is 30.7 Å². The number of thiazole rings is 1. The number of nitrogens with zero attached hydrogens (tertiary/aromatic N) is 1. The summed E-state index contributed by atoms with van der Waals surface area (Å²) in [5, 5.41) is 9.12. The molecule has 0 radical (unpaired) electrons. The van der Waals surface area contributed by atoms with Crippen molar-refractivity contribution in [1.29, 1.82) is 0 Å². The third-order valence-electron chi connectivity index (χ3n) is 2.35. The molecule has 0 spiro atoms. The number of halogens is 2. The monoisotopic (exact) mass is 329 g/mol. The first kappa shape index (κ1) is 18.0. The first-order valence-electron chi connectivity index (χ1n) is 5.31. The predicted octanol–water partition coefficient (Wildman–Crippen LogP) is 1.70. The van der Waals surface area contributed by atoms with E-state index in [0.29, 0.717) is 19.0 Å². The van der Waals surface area contributed by atoms with Crippen molar-refractivity contribution in [3.05, 3.63) is 16.6 Å². The third kappa shape index (κ3) is 6.24. The number of amides is 1. The molecule has 1 fully saturated rings. The van der Waals surface area contributed by atoms with Gasteiger partial charge in [0.1, 0.15) is 5.01 Å². The predicted molar refractivity (Wildman–Crippen MR) is 82.2 cm³/mol. The van der Waals surface area contributed by atoms with Crippen molar-refractivity contribution in [2.75, 3.05) is 18.1 Å². The molecular formula is C10H17Cl2N3OS2. The van der Waals surface area contributed by atoms with Gasteiger partial charge in [-0.25, -0.2) is 4.98 Å². The number of hydrogen-bond donors (Lipinski definition) is 2. The van der Waals surface area contributed by atoms with Crippen LogP contribution in [0.25, 0.3) is 0 Å². The van der Waals surface area contributed by atoms with Gasteiger partial charge in [-0.1, -0.05) is 0 Å². The minimum Gasteiger partial charge on any atom is -0.350 e. The van der Waals surface area contributed by atoms with Crippen LogP contribution in [0, 0.1) is 0 Å². The fraction of sp³-hybridized carbons (Fsp3) is 0.600. The van der Waals surface area contributed by atoms with Crippen molar-refractivity contribution in [3.8, 4) is 0 Å². The molecule has 2 N–H and O–H groups in total. The van der Waals surface area contributed by atoms with Gasteiger partial charge in [0.05, 0.1) is 6.54 Å². The van der Waals surface area contributed by atoms with Gasteiger partial charge in [0.15, 0.2) is 0 Å². The molecule has 1 amide bonds. The summed E-state index contributed by atoms with van der Waals surface area (Å²) in [7, 11) is 0. The summed E-state index contributed by atoms with van der Waals surface area (Å²) in [4.78, 5) is 15.7. The lowest BCUT2D eigenvalue weighted by Crippen LogP contribution is -2.41. The Bertz CT molecular complexity index is 332. The van der Waals surface area contributed by atoms with Gasteiger partial charge in [0, 0.05) is 42.1 Å². The number of carbonyl (C=O) groups excluding carboxylic acids is 1. The van der Waals surface area contributed by atoms with Crippen molar-refractivity contribution in [2.24, 2.45) is 0 Å². The Balaban J connectivity index is 0.00000144. The molecular weight excluding hydrogens is 313 g/mol. The molecule has 2 rings (SSSR count). The van der Waals surface area contributed by atoms with Crippen molar-refractivity contribution < 1.29 is 4.79 Å². The number of aromatic nitrogens is 1. The van der Waals surface area contributed by atoms with Gasteiger partial charge in [-0.3, -0.25) is 4.79 Å². The maximum atomic E-state index is 11.6. The van der Waals surface area contributed by atoms with E-state index < -0.39 is 0 Å². The molecule has 1 saturated heterocycles. The smallest absolute Gasteiger partial charge is 0.221 e. The van der Waals surface area contributed by atoms with Gasteiger partial charge in [-0.2, -0.15) is 11.8 Å². The highest BCUT2D eigenvalue weighted by Crippen LogP contribution is 2.10. The van der Waals surface area contributed by atoms with Gasteiger partial charge < -0.3 is 10.6 Å². The number of carbonyl (C=O) groups is 1. The first-order valence-corrected chi connectivity index (χ1v) is 7.34. The van der Waals surface area contributed by atoms with Crippen LogP contribution in [-0.4, -0.2) is 35.0 Å². The summed E-state index contributed by atoms with van der Waals surface area (Å²) in [5.74, 6) is 2.29. The second-order valence-corrected chi connectivity index (χ2v) is 5.76. The molecule has 0 aromatic carbocycles. The normalized spacial score (nSPS) is 18.3. The molecule has 2 heterocycles. The number of rotatable bonds is 4. The lowest BCUT2D eigenvalue weighted by molar-refractivity contribution is -0.121. The van der Waals surface area contributed by atoms with Crippen molar-refractivity contribution in [1.82, 2.24) is 15.6 Å². The SMILES string of the molecule is Cl.Cl.O=C(CC1CSCCN1)NCc1nccs1. The quantitative estimate of drug-likeness (QED) is 0.882. The third-order valence-corrected chi connectivity index (χ3v) is 4.26. The Labute approximate surface area is 128 Å². The molecule has 8 heteroatoms. The zero-order valence-corrected chi connectivity index (χ0v) is 13.0. The molecule has 1 atom stereocenters. The van der Waals surface area contributed by atoms with Crippen LogP contribution >= 0.6 is 47.9 Å². The minimum absolute atomic E-state index is 0. The van der Waals surface area contributed by atoms with Crippen LogP contribution in [0.2, 0.25) is 0 Å². The molecule has 1 aliphatic rings. The van der Waals surface area contributed by atoms with Gasteiger partial charge in [0.2, 0.25) is 5.91 Å². The molecule has 18 heavy (non-hydrogen) atoms. The van der Waals surface area contributed by atoms with Crippen LogP contribution in [0.1, 0.15) is 11.4 Å². The lowest BCUT2D eigenvalue weighted by atomic mass is 10.2. The van der Waals surface area contributed by atoms with Crippen LogP contribution in [-0.2, 0) is 11.3 Å². The molecule has 1 aliphatic heterocycles. The second kappa shape index (κ2) is 9.86. The van der Waals surface area contributed by atoms with Crippen molar-refractivity contribution in [2.45, 2.75) is 19.0 Å². The van der Waals surface area contributed by atoms with E-state index in [1.807, 2.05) is 17.1 Å². The summed E-state index contributed by atoms with van der Waals surface area (Å²) in [6.07, 6.45) is 2.32. The summed E-state index contributed by atoms with van der Waals surface area (Å²) >= 11 is 3.47.